The summed E-state index contributed by atoms with van der Waals surface area (Å²) in [7, 11) is 0. The van der Waals surface area contributed by atoms with Gasteiger partial charge in [-0.1, -0.05) is 16.8 Å². The first-order valence-electron chi connectivity index (χ1n) is 5.63. The van der Waals surface area contributed by atoms with Crippen LogP contribution >= 0.6 is 11.6 Å². The summed E-state index contributed by atoms with van der Waals surface area (Å²) < 4.78 is 10.2. The molecular weight excluding hydrogens is 256 g/mol. The molecule has 1 aromatic heterocycles. The number of carbonyl (C=O) groups is 1. The van der Waals surface area contributed by atoms with Crippen LogP contribution < -0.4 is 10.5 Å². The summed E-state index contributed by atoms with van der Waals surface area (Å²) in [6, 6.07) is 1.70. The lowest BCUT2D eigenvalue weighted by atomic mass is 10.1. The molecule has 0 spiro atoms. The van der Waals surface area contributed by atoms with Gasteiger partial charge in [-0.2, -0.15) is 0 Å². The van der Waals surface area contributed by atoms with Crippen molar-refractivity contribution in [2.24, 2.45) is 0 Å². The fourth-order valence-corrected chi connectivity index (χ4v) is 2.24. The van der Waals surface area contributed by atoms with Crippen LogP contribution in [0.15, 0.2) is 10.6 Å². The molecule has 0 bridgehead atoms. The smallest absolute Gasteiger partial charge is 0.308 e. The largest absolute Gasteiger partial charge is 0.423 e. The second kappa shape index (κ2) is 3.88. The van der Waals surface area contributed by atoms with Crippen molar-refractivity contribution in [1.29, 1.82) is 0 Å². The third-order valence-electron chi connectivity index (χ3n) is 2.93. The van der Waals surface area contributed by atoms with Crippen LogP contribution in [0.25, 0.3) is 11.0 Å². The SMILES string of the molecule is CC(=O)Oc1c(N)cc2c(C3CC3)noc2c1Cl. The Bertz CT molecular complexity index is 646. The van der Waals surface area contributed by atoms with Gasteiger partial charge in [0.2, 0.25) is 0 Å². The van der Waals surface area contributed by atoms with Crippen LogP contribution in [-0.2, 0) is 4.79 Å². The molecule has 1 heterocycles. The molecule has 0 unspecified atom stereocenters. The topological polar surface area (TPSA) is 78.4 Å². The van der Waals surface area contributed by atoms with E-state index in [9.17, 15) is 4.79 Å². The van der Waals surface area contributed by atoms with E-state index in [1.807, 2.05) is 0 Å². The maximum atomic E-state index is 11.0. The lowest BCUT2D eigenvalue weighted by Gasteiger charge is -2.07. The highest BCUT2D eigenvalue weighted by molar-refractivity contribution is 6.37. The van der Waals surface area contributed by atoms with Crippen LogP contribution in [0.1, 0.15) is 31.4 Å². The summed E-state index contributed by atoms with van der Waals surface area (Å²) in [6.45, 7) is 1.29. The Balaban J connectivity index is 2.19. The first kappa shape index (κ1) is 11.3. The molecule has 3 rings (SSSR count). The molecule has 0 radical (unpaired) electrons. The first-order valence-corrected chi connectivity index (χ1v) is 6.01. The van der Waals surface area contributed by atoms with Gasteiger partial charge in [-0.25, -0.2) is 0 Å². The number of nitrogens with zero attached hydrogens (tertiary/aromatic N) is 1. The molecule has 0 saturated heterocycles. The predicted octanol–water partition coefficient (Wildman–Crippen LogP) is 2.87. The Hall–Kier alpha value is -1.75. The van der Waals surface area contributed by atoms with Gasteiger partial charge in [0.25, 0.3) is 0 Å². The van der Waals surface area contributed by atoms with Crippen LogP contribution in [0.2, 0.25) is 5.02 Å². The van der Waals surface area contributed by atoms with Crippen LogP contribution in [0.4, 0.5) is 5.69 Å². The van der Waals surface area contributed by atoms with Crippen molar-refractivity contribution < 1.29 is 14.1 Å². The Morgan fingerprint density at radius 2 is 2.33 bits per heavy atom. The minimum atomic E-state index is -0.482. The number of carbonyl (C=O) groups excluding carboxylic acids is 1. The van der Waals surface area contributed by atoms with Gasteiger partial charge in [-0.05, 0) is 18.9 Å². The first-order chi connectivity index (χ1) is 8.58. The molecule has 1 aliphatic carbocycles. The molecule has 5 nitrogen and oxygen atoms in total. The lowest BCUT2D eigenvalue weighted by molar-refractivity contribution is -0.131. The van der Waals surface area contributed by atoms with Gasteiger partial charge in [0.05, 0.1) is 11.4 Å². The van der Waals surface area contributed by atoms with Gasteiger partial charge in [-0.15, -0.1) is 0 Å². The van der Waals surface area contributed by atoms with Gasteiger partial charge in [0, 0.05) is 18.2 Å². The zero-order valence-electron chi connectivity index (χ0n) is 9.70. The van der Waals surface area contributed by atoms with Crippen molar-refractivity contribution in [2.75, 3.05) is 5.73 Å². The molecule has 94 valence electrons. The van der Waals surface area contributed by atoms with E-state index in [0.29, 0.717) is 17.2 Å². The number of anilines is 1. The number of aromatic nitrogens is 1. The molecule has 0 amide bonds. The van der Waals surface area contributed by atoms with Gasteiger partial charge < -0.3 is 15.0 Å². The molecule has 18 heavy (non-hydrogen) atoms. The van der Waals surface area contributed by atoms with Crippen molar-refractivity contribution in [3.63, 3.8) is 0 Å². The van der Waals surface area contributed by atoms with Crippen molar-refractivity contribution in [1.82, 2.24) is 5.16 Å². The quantitative estimate of drug-likeness (QED) is 0.514. The summed E-state index contributed by atoms with van der Waals surface area (Å²) in [5.41, 5.74) is 7.47. The van der Waals surface area contributed by atoms with E-state index in [2.05, 4.69) is 5.16 Å². The van der Waals surface area contributed by atoms with Crippen molar-refractivity contribution in [3.05, 3.63) is 16.8 Å². The average molecular weight is 267 g/mol. The number of hydrogen-bond donors (Lipinski definition) is 1. The van der Waals surface area contributed by atoms with Crippen LogP contribution in [0.3, 0.4) is 0 Å². The van der Waals surface area contributed by atoms with E-state index >= 15 is 0 Å². The van der Waals surface area contributed by atoms with Crippen LogP contribution in [0.5, 0.6) is 5.75 Å². The zero-order chi connectivity index (χ0) is 12.9. The number of nitrogen functional groups attached to an aromatic ring is 1. The second-order valence-corrected chi connectivity index (χ2v) is 4.80. The van der Waals surface area contributed by atoms with E-state index in [4.69, 9.17) is 26.6 Å². The summed E-state index contributed by atoms with van der Waals surface area (Å²) in [4.78, 5) is 11.0. The number of benzene rings is 1. The number of ether oxygens (including phenoxy) is 1. The molecule has 0 atom stereocenters. The summed E-state index contributed by atoms with van der Waals surface area (Å²) in [5.74, 6) is 0.0846. The van der Waals surface area contributed by atoms with Crippen LogP contribution in [-0.4, -0.2) is 11.1 Å². The number of hydrogen-bond acceptors (Lipinski definition) is 5. The highest BCUT2D eigenvalue weighted by atomic mass is 35.5. The van der Waals surface area contributed by atoms with Crippen molar-refractivity contribution in [2.45, 2.75) is 25.7 Å². The third-order valence-corrected chi connectivity index (χ3v) is 3.27. The number of fused-ring (bicyclic) bond motifs is 1. The lowest BCUT2D eigenvalue weighted by Crippen LogP contribution is -2.04. The monoisotopic (exact) mass is 266 g/mol. The maximum Gasteiger partial charge on any atom is 0.308 e. The molecule has 2 N–H and O–H groups in total. The van der Waals surface area contributed by atoms with E-state index in [0.717, 1.165) is 23.9 Å². The standard InChI is InChI=1S/C12H11ClN2O3/c1-5(16)17-12-8(14)4-7-10(6-2-3-6)15-18-11(7)9(12)13/h4,6H,2-3,14H2,1H3. The van der Waals surface area contributed by atoms with Gasteiger partial charge in [0.15, 0.2) is 11.3 Å². The molecule has 1 fully saturated rings. The number of rotatable bonds is 2. The minimum Gasteiger partial charge on any atom is -0.423 e. The highest BCUT2D eigenvalue weighted by Gasteiger charge is 2.30. The van der Waals surface area contributed by atoms with E-state index < -0.39 is 5.97 Å². The van der Waals surface area contributed by atoms with Gasteiger partial charge in [-0.3, -0.25) is 4.79 Å². The Labute approximate surface area is 108 Å². The Kier molecular flexibility index (Phi) is 2.45. The molecule has 6 heteroatoms. The van der Waals surface area contributed by atoms with E-state index in [1.54, 1.807) is 6.07 Å². The number of nitrogens with two attached hydrogens (primary N) is 1. The van der Waals surface area contributed by atoms with Crippen molar-refractivity contribution in [3.8, 4) is 5.75 Å². The van der Waals surface area contributed by atoms with Gasteiger partial charge >= 0.3 is 5.97 Å². The second-order valence-electron chi connectivity index (χ2n) is 4.42. The van der Waals surface area contributed by atoms with E-state index in [-0.39, 0.29) is 10.8 Å². The highest BCUT2D eigenvalue weighted by Crippen LogP contribution is 2.46. The fourth-order valence-electron chi connectivity index (χ4n) is 1.96. The summed E-state index contributed by atoms with van der Waals surface area (Å²) >= 11 is 6.14. The number of halogens is 1. The zero-order valence-corrected chi connectivity index (χ0v) is 10.5. The fraction of sp³-hybridized carbons (Fsp3) is 0.333. The molecule has 1 saturated carbocycles. The minimum absolute atomic E-state index is 0.134. The van der Waals surface area contributed by atoms with Crippen molar-refractivity contribution >= 4 is 34.2 Å². The summed E-state index contributed by atoms with van der Waals surface area (Å²) in [6.07, 6.45) is 2.20. The Morgan fingerprint density at radius 3 is 2.94 bits per heavy atom. The summed E-state index contributed by atoms with van der Waals surface area (Å²) in [5, 5.41) is 5.02. The van der Waals surface area contributed by atoms with E-state index in [1.165, 1.54) is 6.92 Å². The third kappa shape index (κ3) is 1.71. The predicted molar refractivity (Wildman–Crippen MR) is 66.7 cm³/mol. The average Bonchev–Trinajstić information content (AvgIpc) is 3.06. The van der Waals surface area contributed by atoms with Crippen LogP contribution in [0, 0.1) is 0 Å². The maximum absolute atomic E-state index is 11.0. The normalized spacial score (nSPS) is 15.0. The van der Waals surface area contributed by atoms with Gasteiger partial charge in [0.1, 0.15) is 5.02 Å². The number of esters is 1. The molecule has 0 aliphatic heterocycles. The molecule has 1 aliphatic rings. The molecular formula is C12H11ClN2O3. The molecule has 1 aromatic carbocycles. The molecule has 2 aromatic rings. The Morgan fingerprint density at radius 1 is 1.61 bits per heavy atom.